The number of sulfone groups is 1. The van der Waals surface area contributed by atoms with Crippen LogP contribution in [0.5, 0.6) is 0 Å². The third kappa shape index (κ3) is 4.66. The van der Waals surface area contributed by atoms with Gasteiger partial charge in [-0.25, -0.2) is 8.42 Å². The summed E-state index contributed by atoms with van der Waals surface area (Å²) in [6.07, 6.45) is 0. The van der Waals surface area contributed by atoms with Gasteiger partial charge in [0.15, 0.2) is 9.84 Å². The SMILES string of the molecule is CC.CC.Cc1ccsc1S(=O)(=O)C(C)C. The van der Waals surface area contributed by atoms with Crippen molar-refractivity contribution in [1.82, 2.24) is 0 Å². The second-order valence-corrected chi connectivity index (χ2v) is 6.60. The Morgan fingerprint density at radius 3 is 1.81 bits per heavy atom. The minimum Gasteiger partial charge on any atom is -0.223 e. The van der Waals surface area contributed by atoms with E-state index in [1.807, 2.05) is 46.1 Å². The average Bonchev–Trinajstić information content (AvgIpc) is 2.70. The van der Waals surface area contributed by atoms with Crippen molar-refractivity contribution in [2.45, 2.75) is 57.9 Å². The Kier molecular flexibility index (Phi) is 9.87. The number of aryl methyl sites for hydroxylation is 1. The van der Waals surface area contributed by atoms with Crippen LogP contribution in [0.15, 0.2) is 15.7 Å². The molecule has 0 aromatic carbocycles. The van der Waals surface area contributed by atoms with Gasteiger partial charge < -0.3 is 0 Å². The minimum atomic E-state index is -3.05. The molecule has 0 bridgehead atoms. The fraction of sp³-hybridized carbons (Fsp3) is 0.667. The van der Waals surface area contributed by atoms with Crippen molar-refractivity contribution < 1.29 is 8.42 Å². The Morgan fingerprint density at radius 1 is 1.12 bits per heavy atom. The molecule has 0 fully saturated rings. The summed E-state index contributed by atoms with van der Waals surface area (Å²) < 4.78 is 23.8. The zero-order valence-electron chi connectivity index (χ0n) is 11.4. The van der Waals surface area contributed by atoms with Crippen LogP contribution >= 0.6 is 11.3 Å². The topological polar surface area (TPSA) is 34.1 Å². The van der Waals surface area contributed by atoms with Crippen molar-refractivity contribution in [2.75, 3.05) is 0 Å². The van der Waals surface area contributed by atoms with Gasteiger partial charge in [0.1, 0.15) is 4.21 Å². The fourth-order valence-electron chi connectivity index (χ4n) is 0.864. The first-order valence-electron chi connectivity index (χ1n) is 5.74. The lowest BCUT2D eigenvalue weighted by Gasteiger charge is -2.05. The van der Waals surface area contributed by atoms with Crippen molar-refractivity contribution in [3.8, 4) is 0 Å². The summed E-state index contributed by atoms with van der Waals surface area (Å²) in [6, 6.07) is 1.83. The van der Waals surface area contributed by atoms with Crippen molar-refractivity contribution in [3.63, 3.8) is 0 Å². The highest BCUT2D eigenvalue weighted by molar-refractivity contribution is 7.94. The highest BCUT2D eigenvalue weighted by Crippen LogP contribution is 2.25. The number of rotatable bonds is 2. The molecule has 0 spiro atoms. The summed E-state index contributed by atoms with van der Waals surface area (Å²) in [5.41, 5.74) is 0.855. The molecular formula is C12H24O2S2. The molecule has 0 saturated carbocycles. The third-order valence-corrected chi connectivity index (χ3v) is 5.57. The zero-order chi connectivity index (χ0) is 13.4. The smallest absolute Gasteiger partial charge is 0.190 e. The molecule has 0 aliphatic heterocycles. The first-order chi connectivity index (χ1) is 7.46. The number of hydrogen-bond acceptors (Lipinski definition) is 3. The molecule has 0 aliphatic rings. The second-order valence-electron chi connectivity index (χ2n) is 2.98. The van der Waals surface area contributed by atoms with E-state index in [2.05, 4.69) is 0 Å². The molecule has 0 atom stereocenters. The summed E-state index contributed by atoms with van der Waals surface area (Å²) >= 11 is 1.30. The standard InChI is InChI=1S/C8H12O2S2.2C2H6/c1-6(2)12(9,10)8-7(3)4-5-11-8;2*1-2/h4-6H,1-3H3;2*1-2H3. The van der Waals surface area contributed by atoms with Crippen LogP contribution in [0.1, 0.15) is 47.1 Å². The van der Waals surface area contributed by atoms with Crippen LogP contribution in [-0.4, -0.2) is 13.7 Å². The molecule has 0 aliphatic carbocycles. The average molecular weight is 264 g/mol. The molecule has 0 unspecified atom stereocenters. The summed E-state index contributed by atoms with van der Waals surface area (Å²) in [7, 11) is -3.05. The van der Waals surface area contributed by atoms with Gasteiger partial charge in [-0.3, -0.25) is 0 Å². The first-order valence-corrected chi connectivity index (χ1v) is 8.17. The van der Waals surface area contributed by atoms with E-state index in [-0.39, 0.29) is 5.25 Å². The van der Waals surface area contributed by atoms with E-state index in [0.29, 0.717) is 4.21 Å². The lowest BCUT2D eigenvalue weighted by atomic mass is 10.4. The molecule has 0 N–H and O–H groups in total. The quantitative estimate of drug-likeness (QED) is 0.798. The Hall–Kier alpha value is -0.350. The summed E-state index contributed by atoms with van der Waals surface area (Å²) in [5, 5.41) is 1.49. The molecule has 16 heavy (non-hydrogen) atoms. The van der Waals surface area contributed by atoms with Crippen molar-refractivity contribution >= 4 is 21.2 Å². The van der Waals surface area contributed by atoms with Crippen molar-refractivity contribution in [3.05, 3.63) is 17.0 Å². The largest absolute Gasteiger partial charge is 0.223 e. The van der Waals surface area contributed by atoms with Crippen molar-refractivity contribution in [2.24, 2.45) is 0 Å². The Morgan fingerprint density at radius 2 is 1.56 bits per heavy atom. The molecule has 1 aromatic heterocycles. The van der Waals surface area contributed by atoms with Gasteiger partial charge in [0.2, 0.25) is 0 Å². The Labute approximate surface area is 105 Å². The van der Waals surface area contributed by atoms with Gasteiger partial charge in [-0.15, -0.1) is 11.3 Å². The normalized spacial score (nSPS) is 10.0. The predicted molar refractivity (Wildman–Crippen MR) is 74.1 cm³/mol. The van der Waals surface area contributed by atoms with E-state index in [9.17, 15) is 8.42 Å². The molecule has 1 aromatic rings. The molecule has 1 heterocycles. The van der Waals surface area contributed by atoms with Gasteiger partial charge in [-0.2, -0.15) is 0 Å². The monoisotopic (exact) mass is 264 g/mol. The van der Waals surface area contributed by atoms with Crippen molar-refractivity contribution in [1.29, 1.82) is 0 Å². The van der Waals surface area contributed by atoms with Gasteiger partial charge in [0.25, 0.3) is 0 Å². The van der Waals surface area contributed by atoms with Gasteiger partial charge in [-0.05, 0) is 37.8 Å². The van der Waals surface area contributed by atoms with E-state index in [1.54, 1.807) is 13.8 Å². The van der Waals surface area contributed by atoms with Crippen LogP contribution in [0.2, 0.25) is 0 Å². The predicted octanol–water partition coefficient (Wildman–Crippen LogP) is 4.29. The van der Waals surface area contributed by atoms with Crippen LogP contribution in [0, 0.1) is 6.92 Å². The Bertz CT molecular complexity index is 362. The lowest BCUT2D eigenvalue weighted by molar-refractivity contribution is 0.589. The van der Waals surface area contributed by atoms with Crippen LogP contribution in [0.25, 0.3) is 0 Å². The number of thiophene rings is 1. The highest BCUT2D eigenvalue weighted by Gasteiger charge is 2.21. The fourth-order valence-corrected chi connectivity index (χ4v) is 3.74. The van der Waals surface area contributed by atoms with E-state index < -0.39 is 9.84 Å². The molecule has 2 nitrogen and oxygen atoms in total. The number of hydrogen-bond donors (Lipinski definition) is 0. The van der Waals surface area contributed by atoms with Gasteiger partial charge in [0.05, 0.1) is 5.25 Å². The molecule has 0 amide bonds. The minimum absolute atomic E-state index is 0.324. The third-order valence-electron chi connectivity index (χ3n) is 1.69. The zero-order valence-corrected chi connectivity index (χ0v) is 13.0. The molecule has 4 heteroatoms. The maximum atomic E-state index is 11.6. The van der Waals surface area contributed by atoms with E-state index in [0.717, 1.165) is 5.56 Å². The maximum Gasteiger partial charge on any atom is 0.190 e. The van der Waals surface area contributed by atoms with Crippen LogP contribution in [0.3, 0.4) is 0 Å². The summed E-state index contributed by atoms with van der Waals surface area (Å²) in [4.78, 5) is 0. The van der Waals surface area contributed by atoms with E-state index >= 15 is 0 Å². The van der Waals surface area contributed by atoms with Gasteiger partial charge in [-0.1, -0.05) is 27.7 Å². The van der Waals surface area contributed by atoms with Gasteiger partial charge >= 0.3 is 0 Å². The second kappa shape index (κ2) is 8.76. The molecule has 1 rings (SSSR count). The van der Waals surface area contributed by atoms with Crippen LogP contribution in [0.4, 0.5) is 0 Å². The Balaban J connectivity index is 0. The molecule has 96 valence electrons. The summed E-state index contributed by atoms with van der Waals surface area (Å²) in [5.74, 6) is 0. The van der Waals surface area contributed by atoms with Gasteiger partial charge in [0, 0.05) is 0 Å². The lowest BCUT2D eigenvalue weighted by Crippen LogP contribution is -2.13. The molecule has 0 radical (unpaired) electrons. The first kappa shape index (κ1) is 18.0. The molecule has 0 saturated heterocycles. The highest BCUT2D eigenvalue weighted by atomic mass is 32.2. The van der Waals surface area contributed by atoms with Crippen LogP contribution < -0.4 is 0 Å². The van der Waals surface area contributed by atoms with E-state index in [4.69, 9.17) is 0 Å². The maximum absolute atomic E-state index is 11.6. The van der Waals surface area contributed by atoms with E-state index in [1.165, 1.54) is 11.3 Å². The van der Waals surface area contributed by atoms with Crippen LogP contribution in [-0.2, 0) is 9.84 Å². The molecular weight excluding hydrogens is 240 g/mol. The summed E-state index contributed by atoms with van der Waals surface area (Å²) in [6.45, 7) is 13.2.